The van der Waals surface area contributed by atoms with E-state index in [9.17, 15) is 19.3 Å². The summed E-state index contributed by atoms with van der Waals surface area (Å²) in [5.41, 5.74) is 0.430. The Hall–Kier alpha value is -2.48. The molecule has 0 saturated carbocycles. The van der Waals surface area contributed by atoms with Crippen molar-refractivity contribution >= 4 is 33.2 Å². The quantitative estimate of drug-likeness (QED) is 0.606. The number of ether oxygens (including phenoxy) is 1. The number of nitro benzene ring substituents is 1. The number of carbonyl (C=O) groups excluding carboxylic acids is 1. The van der Waals surface area contributed by atoms with Gasteiger partial charge in [-0.15, -0.1) is 0 Å². The van der Waals surface area contributed by atoms with E-state index in [2.05, 4.69) is 21.2 Å². The van der Waals surface area contributed by atoms with Gasteiger partial charge in [0, 0.05) is 16.1 Å². The van der Waals surface area contributed by atoms with Crippen molar-refractivity contribution in [3.63, 3.8) is 0 Å². The van der Waals surface area contributed by atoms with Crippen molar-refractivity contribution < 1.29 is 18.8 Å². The number of amides is 1. The molecule has 6 nitrogen and oxygen atoms in total. The van der Waals surface area contributed by atoms with Crippen molar-refractivity contribution in [3.8, 4) is 5.75 Å². The standard InChI is InChI=1S/C16H14BrFN2O4/c1-9-7-12(4-6-15(9)20(22)23)24-10(2)16(21)19-14-5-3-11(17)8-13(14)18/h3-8,10H,1-2H3,(H,19,21)/t10-/m0/s1. The summed E-state index contributed by atoms with van der Waals surface area (Å²) in [5.74, 6) is -0.791. The maximum absolute atomic E-state index is 13.7. The van der Waals surface area contributed by atoms with Crippen LogP contribution in [-0.2, 0) is 4.79 Å². The zero-order valence-corrected chi connectivity index (χ0v) is 14.5. The second kappa shape index (κ2) is 7.39. The molecule has 1 amide bonds. The van der Waals surface area contributed by atoms with Crippen LogP contribution in [0.3, 0.4) is 0 Å². The highest BCUT2D eigenvalue weighted by molar-refractivity contribution is 9.10. The van der Waals surface area contributed by atoms with Gasteiger partial charge in [-0.25, -0.2) is 4.39 Å². The number of nitrogens with zero attached hydrogens (tertiary/aromatic N) is 1. The number of nitro groups is 1. The summed E-state index contributed by atoms with van der Waals surface area (Å²) in [5, 5.41) is 13.2. The van der Waals surface area contributed by atoms with Crippen molar-refractivity contribution in [1.82, 2.24) is 0 Å². The lowest BCUT2D eigenvalue weighted by molar-refractivity contribution is -0.385. The Bertz CT molecular complexity index is 798. The predicted octanol–water partition coefficient (Wildman–Crippen LogP) is 4.21. The molecule has 2 rings (SSSR count). The molecule has 0 aliphatic carbocycles. The van der Waals surface area contributed by atoms with Crippen molar-refractivity contribution in [2.24, 2.45) is 0 Å². The average molecular weight is 397 g/mol. The summed E-state index contributed by atoms with van der Waals surface area (Å²) in [6, 6.07) is 8.46. The Morgan fingerprint density at radius 2 is 2.04 bits per heavy atom. The minimum atomic E-state index is -0.908. The third-order valence-electron chi connectivity index (χ3n) is 3.24. The second-order valence-electron chi connectivity index (χ2n) is 5.08. The SMILES string of the molecule is Cc1cc(O[C@@H](C)C(=O)Nc2ccc(Br)cc2F)ccc1[N+](=O)[O-]. The minimum absolute atomic E-state index is 0.0311. The lowest BCUT2D eigenvalue weighted by atomic mass is 10.2. The fourth-order valence-electron chi connectivity index (χ4n) is 1.99. The monoisotopic (exact) mass is 396 g/mol. The van der Waals surface area contributed by atoms with Crippen LogP contribution in [0.2, 0.25) is 0 Å². The van der Waals surface area contributed by atoms with Gasteiger partial charge >= 0.3 is 0 Å². The third kappa shape index (κ3) is 4.29. The predicted molar refractivity (Wildman–Crippen MR) is 90.7 cm³/mol. The molecule has 2 aromatic rings. The minimum Gasteiger partial charge on any atom is -0.481 e. The molecule has 1 atom stereocenters. The summed E-state index contributed by atoms with van der Waals surface area (Å²) in [6.07, 6.45) is -0.908. The zero-order valence-electron chi connectivity index (χ0n) is 12.9. The van der Waals surface area contributed by atoms with Gasteiger partial charge in [0.25, 0.3) is 11.6 Å². The summed E-state index contributed by atoms with van der Waals surface area (Å²) in [4.78, 5) is 22.4. The Kier molecular flexibility index (Phi) is 5.50. The van der Waals surface area contributed by atoms with E-state index in [-0.39, 0.29) is 11.4 Å². The van der Waals surface area contributed by atoms with Crippen LogP contribution in [0.5, 0.6) is 5.75 Å². The molecular formula is C16H14BrFN2O4. The molecule has 0 aliphatic rings. The smallest absolute Gasteiger partial charge is 0.272 e. The molecule has 8 heteroatoms. The van der Waals surface area contributed by atoms with E-state index in [1.807, 2.05) is 0 Å². The topological polar surface area (TPSA) is 81.5 Å². The first-order valence-electron chi connectivity index (χ1n) is 6.95. The van der Waals surface area contributed by atoms with Crippen LogP contribution in [0.4, 0.5) is 15.8 Å². The number of nitrogens with one attached hydrogen (secondary N) is 1. The second-order valence-corrected chi connectivity index (χ2v) is 5.99. The first-order valence-corrected chi connectivity index (χ1v) is 7.75. The van der Waals surface area contributed by atoms with E-state index >= 15 is 0 Å². The van der Waals surface area contributed by atoms with E-state index in [0.29, 0.717) is 15.8 Å². The molecule has 24 heavy (non-hydrogen) atoms. The van der Waals surface area contributed by atoms with E-state index in [0.717, 1.165) is 0 Å². The molecule has 0 heterocycles. The van der Waals surface area contributed by atoms with Gasteiger partial charge in [-0.1, -0.05) is 15.9 Å². The van der Waals surface area contributed by atoms with Gasteiger partial charge in [0.1, 0.15) is 11.6 Å². The van der Waals surface area contributed by atoms with Gasteiger partial charge < -0.3 is 10.1 Å². The molecule has 2 aromatic carbocycles. The van der Waals surface area contributed by atoms with Crippen LogP contribution < -0.4 is 10.1 Å². The highest BCUT2D eigenvalue weighted by Crippen LogP contribution is 2.24. The Morgan fingerprint density at radius 1 is 1.33 bits per heavy atom. The van der Waals surface area contributed by atoms with Crippen molar-refractivity contribution in [2.75, 3.05) is 5.32 Å². The number of rotatable bonds is 5. The van der Waals surface area contributed by atoms with Crippen LogP contribution in [0.15, 0.2) is 40.9 Å². The van der Waals surface area contributed by atoms with Crippen molar-refractivity contribution in [1.29, 1.82) is 0 Å². The first-order chi connectivity index (χ1) is 11.3. The molecule has 0 spiro atoms. The number of aryl methyl sites for hydroxylation is 1. The van der Waals surface area contributed by atoms with E-state index in [1.54, 1.807) is 13.0 Å². The molecule has 126 valence electrons. The third-order valence-corrected chi connectivity index (χ3v) is 3.73. The summed E-state index contributed by atoms with van der Waals surface area (Å²) >= 11 is 3.13. The molecule has 0 fully saturated rings. The highest BCUT2D eigenvalue weighted by Gasteiger charge is 2.18. The van der Waals surface area contributed by atoms with Crippen LogP contribution in [-0.4, -0.2) is 16.9 Å². The van der Waals surface area contributed by atoms with Gasteiger partial charge in [-0.3, -0.25) is 14.9 Å². The molecular weight excluding hydrogens is 383 g/mol. The molecule has 0 aliphatic heterocycles. The number of benzene rings is 2. The lowest BCUT2D eigenvalue weighted by Crippen LogP contribution is -2.30. The van der Waals surface area contributed by atoms with Crippen LogP contribution >= 0.6 is 15.9 Å². The summed E-state index contributed by atoms with van der Waals surface area (Å²) in [6.45, 7) is 3.08. The van der Waals surface area contributed by atoms with Gasteiger partial charge in [0.2, 0.25) is 0 Å². The fourth-order valence-corrected chi connectivity index (χ4v) is 2.32. The van der Waals surface area contributed by atoms with Crippen LogP contribution in [0, 0.1) is 22.9 Å². The van der Waals surface area contributed by atoms with Gasteiger partial charge in [0.05, 0.1) is 10.6 Å². The van der Waals surface area contributed by atoms with Crippen molar-refractivity contribution in [3.05, 3.63) is 62.4 Å². The fraction of sp³-hybridized carbons (Fsp3) is 0.188. The average Bonchev–Trinajstić information content (AvgIpc) is 2.49. The van der Waals surface area contributed by atoms with Gasteiger partial charge in [-0.2, -0.15) is 0 Å². The number of hydrogen-bond donors (Lipinski definition) is 1. The van der Waals surface area contributed by atoms with Crippen LogP contribution in [0.25, 0.3) is 0 Å². The molecule has 0 aromatic heterocycles. The highest BCUT2D eigenvalue weighted by atomic mass is 79.9. The van der Waals surface area contributed by atoms with E-state index in [4.69, 9.17) is 4.74 Å². The molecule has 0 radical (unpaired) electrons. The maximum atomic E-state index is 13.7. The normalized spacial score (nSPS) is 11.7. The van der Waals surface area contributed by atoms with Crippen molar-refractivity contribution in [2.45, 2.75) is 20.0 Å². The molecule has 0 bridgehead atoms. The number of halogens is 2. The summed E-state index contributed by atoms with van der Waals surface area (Å²) in [7, 11) is 0. The summed E-state index contributed by atoms with van der Waals surface area (Å²) < 4.78 is 19.7. The molecule has 1 N–H and O–H groups in total. The van der Waals surface area contributed by atoms with E-state index in [1.165, 1.54) is 37.3 Å². The van der Waals surface area contributed by atoms with Gasteiger partial charge in [0.15, 0.2) is 6.10 Å². The van der Waals surface area contributed by atoms with E-state index < -0.39 is 22.8 Å². The van der Waals surface area contributed by atoms with Crippen LogP contribution in [0.1, 0.15) is 12.5 Å². The van der Waals surface area contributed by atoms with Gasteiger partial charge in [-0.05, 0) is 44.2 Å². The number of carbonyl (C=O) groups is 1. The largest absolute Gasteiger partial charge is 0.481 e. The number of anilines is 1. The first kappa shape index (κ1) is 17.9. The Labute approximate surface area is 145 Å². The molecule has 0 unspecified atom stereocenters. The maximum Gasteiger partial charge on any atom is 0.272 e. The zero-order chi connectivity index (χ0) is 17.9. The Morgan fingerprint density at radius 3 is 2.62 bits per heavy atom. The number of hydrogen-bond acceptors (Lipinski definition) is 4. The molecule has 0 saturated heterocycles. The Balaban J connectivity index is 2.06. The lowest BCUT2D eigenvalue weighted by Gasteiger charge is -2.15.